The fourth-order valence-electron chi connectivity index (χ4n) is 1.03. The minimum atomic E-state index is -1.19. The number of carboxylic acids is 1. The van der Waals surface area contributed by atoms with Crippen LogP contribution in [-0.4, -0.2) is 28.4 Å². The minimum Gasteiger partial charge on any atom is -0.478 e. The molecule has 0 aromatic rings. The highest BCUT2D eigenvalue weighted by atomic mass is 16.6. The number of hydrogen-bond acceptors (Lipinski definition) is 4. The van der Waals surface area contributed by atoms with Crippen LogP contribution < -0.4 is 0 Å². The van der Waals surface area contributed by atoms with Crippen LogP contribution in [0.3, 0.4) is 0 Å². The van der Waals surface area contributed by atoms with Crippen molar-refractivity contribution in [1.82, 2.24) is 0 Å². The van der Waals surface area contributed by atoms with E-state index in [1.807, 2.05) is 6.92 Å². The van der Waals surface area contributed by atoms with Gasteiger partial charge in [-0.2, -0.15) is 0 Å². The largest absolute Gasteiger partial charge is 0.478 e. The highest BCUT2D eigenvalue weighted by molar-refractivity contribution is 5.95. The Morgan fingerprint density at radius 1 is 1.38 bits per heavy atom. The second-order valence-corrected chi connectivity index (χ2v) is 3.38. The average molecular weight is 230 g/mol. The molecule has 16 heavy (non-hydrogen) atoms. The molecule has 0 spiro atoms. The number of esters is 1. The molecule has 5 heteroatoms. The maximum Gasteiger partial charge on any atom is 0.336 e. The van der Waals surface area contributed by atoms with E-state index in [0.717, 1.165) is 12.5 Å². The van der Waals surface area contributed by atoms with E-state index in [-0.39, 0.29) is 12.0 Å². The molecule has 0 saturated heterocycles. The van der Waals surface area contributed by atoms with Gasteiger partial charge in [-0.3, -0.25) is 0 Å². The van der Waals surface area contributed by atoms with Crippen LogP contribution in [0.2, 0.25) is 0 Å². The summed E-state index contributed by atoms with van der Waals surface area (Å²) in [5.74, 6) is -1.95. The van der Waals surface area contributed by atoms with Gasteiger partial charge in [-0.15, -0.1) is 0 Å². The third-order valence-corrected chi connectivity index (χ3v) is 1.95. The Labute approximate surface area is 94.7 Å². The lowest BCUT2D eigenvalue weighted by Crippen LogP contribution is -2.18. The van der Waals surface area contributed by atoms with Crippen LogP contribution in [0.4, 0.5) is 0 Å². The van der Waals surface area contributed by atoms with Gasteiger partial charge in [-0.1, -0.05) is 20.3 Å². The molecule has 5 nitrogen and oxygen atoms in total. The van der Waals surface area contributed by atoms with Crippen molar-refractivity contribution in [1.29, 1.82) is 0 Å². The molecule has 0 aromatic carbocycles. The maximum atomic E-state index is 11.4. The second kappa shape index (κ2) is 7.87. The van der Waals surface area contributed by atoms with Crippen molar-refractivity contribution >= 4 is 11.9 Å². The number of aliphatic hydroxyl groups is 1. The van der Waals surface area contributed by atoms with E-state index in [1.54, 1.807) is 6.92 Å². The van der Waals surface area contributed by atoms with Gasteiger partial charge in [0.15, 0.2) is 0 Å². The Kier molecular flexibility index (Phi) is 7.20. The smallest absolute Gasteiger partial charge is 0.336 e. The van der Waals surface area contributed by atoms with Crippen LogP contribution in [0.1, 0.15) is 39.5 Å². The molecular weight excluding hydrogens is 212 g/mol. The van der Waals surface area contributed by atoms with E-state index < -0.39 is 18.2 Å². The summed E-state index contributed by atoms with van der Waals surface area (Å²) >= 11 is 0. The van der Waals surface area contributed by atoms with Crippen molar-refractivity contribution in [3.63, 3.8) is 0 Å². The first kappa shape index (κ1) is 14.6. The second-order valence-electron chi connectivity index (χ2n) is 3.38. The molecule has 1 unspecified atom stereocenters. The number of carboxylic acid groups (broad SMARTS) is 1. The topological polar surface area (TPSA) is 83.8 Å². The summed E-state index contributed by atoms with van der Waals surface area (Å²) in [6, 6.07) is 0. The molecule has 1 atom stereocenters. The van der Waals surface area contributed by atoms with Crippen LogP contribution >= 0.6 is 0 Å². The van der Waals surface area contributed by atoms with Gasteiger partial charge in [-0.05, 0) is 12.8 Å². The molecule has 0 aliphatic carbocycles. The summed E-state index contributed by atoms with van der Waals surface area (Å²) in [7, 11) is 0. The van der Waals surface area contributed by atoms with Gasteiger partial charge in [0.25, 0.3) is 0 Å². The lowest BCUT2D eigenvalue weighted by atomic mass is 10.1. The van der Waals surface area contributed by atoms with Gasteiger partial charge in [0, 0.05) is 18.1 Å². The number of carbonyl (C=O) groups is 2. The number of aliphatic hydroxyl groups excluding tert-OH is 1. The third kappa shape index (κ3) is 6.19. The molecule has 0 amide bonds. The Hall–Kier alpha value is -1.36. The van der Waals surface area contributed by atoms with Crippen molar-refractivity contribution in [2.45, 2.75) is 45.8 Å². The number of rotatable bonds is 7. The van der Waals surface area contributed by atoms with E-state index in [0.29, 0.717) is 12.8 Å². The molecule has 2 N–H and O–H groups in total. The first-order chi connectivity index (χ1) is 7.51. The lowest BCUT2D eigenvalue weighted by Gasteiger charge is -2.11. The Balaban J connectivity index is 4.50. The molecule has 0 heterocycles. The molecule has 0 saturated carbocycles. The van der Waals surface area contributed by atoms with Crippen LogP contribution in [-0.2, 0) is 14.3 Å². The van der Waals surface area contributed by atoms with Crippen molar-refractivity contribution in [2.24, 2.45) is 0 Å². The van der Waals surface area contributed by atoms with Gasteiger partial charge >= 0.3 is 11.9 Å². The van der Waals surface area contributed by atoms with Gasteiger partial charge in [0.1, 0.15) is 0 Å². The van der Waals surface area contributed by atoms with Crippen molar-refractivity contribution in [2.75, 3.05) is 0 Å². The zero-order chi connectivity index (χ0) is 12.6. The van der Waals surface area contributed by atoms with Gasteiger partial charge in [-0.25, -0.2) is 9.59 Å². The molecule has 0 aliphatic heterocycles. The number of ether oxygens (including phenoxy) is 1. The Morgan fingerprint density at radius 2 is 2.00 bits per heavy atom. The SMILES string of the molecule is CCCC/C(=C/C(=O)O)C(=O)OC(O)CC. The predicted molar refractivity (Wildman–Crippen MR) is 57.6 cm³/mol. The Morgan fingerprint density at radius 3 is 2.44 bits per heavy atom. The summed E-state index contributed by atoms with van der Waals surface area (Å²) < 4.78 is 4.64. The zero-order valence-corrected chi connectivity index (χ0v) is 9.60. The van der Waals surface area contributed by atoms with Crippen molar-refractivity contribution in [3.8, 4) is 0 Å². The fourth-order valence-corrected chi connectivity index (χ4v) is 1.03. The lowest BCUT2D eigenvalue weighted by molar-refractivity contribution is -0.163. The van der Waals surface area contributed by atoms with E-state index in [4.69, 9.17) is 10.2 Å². The van der Waals surface area contributed by atoms with Crippen molar-refractivity contribution in [3.05, 3.63) is 11.6 Å². The summed E-state index contributed by atoms with van der Waals surface area (Å²) in [6.45, 7) is 3.59. The predicted octanol–water partition coefficient (Wildman–Crippen LogP) is 1.46. The highest BCUT2D eigenvalue weighted by Gasteiger charge is 2.15. The minimum absolute atomic E-state index is 0.0850. The van der Waals surface area contributed by atoms with Crippen LogP contribution in [0, 0.1) is 0 Å². The first-order valence-corrected chi connectivity index (χ1v) is 5.33. The van der Waals surface area contributed by atoms with Crippen LogP contribution in [0.25, 0.3) is 0 Å². The number of carbonyl (C=O) groups excluding carboxylic acids is 1. The molecule has 0 rings (SSSR count). The number of unbranched alkanes of at least 4 members (excludes halogenated alkanes) is 1. The molecule has 0 fully saturated rings. The van der Waals surface area contributed by atoms with E-state index in [1.165, 1.54) is 0 Å². The Bertz CT molecular complexity index is 270. The summed E-state index contributed by atoms with van der Waals surface area (Å²) in [5.41, 5.74) is 0.0850. The molecule has 0 aromatic heterocycles. The standard InChI is InChI=1S/C11H18O5/c1-3-5-6-8(7-9(12)13)11(15)16-10(14)4-2/h7,10,14H,3-6H2,1-2H3,(H,12,13)/b8-7-. The van der Waals surface area contributed by atoms with E-state index in [2.05, 4.69) is 4.74 Å². The van der Waals surface area contributed by atoms with Gasteiger partial charge in [0.05, 0.1) is 0 Å². The maximum absolute atomic E-state index is 11.4. The van der Waals surface area contributed by atoms with E-state index >= 15 is 0 Å². The summed E-state index contributed by atoms with van der Waals surface area (Å²) in [4.78, 5) is 21.9. The number of hydrogen-bond donors (Lipinski definition) is 2. The summed E-state index contributed by atoms with van der Waals surface area (Å²) in [5, 5.41) is 17.7. The molecule has 0 aliphatic rings. The quantitative estimate of drug-likeness (QED) is 0.393. The average Bonchev–Trinajstić information content (AvgIpc) is 2.23. The van der Waals surface area contributed by atoms with Crippen LogP contribution in [0.15, 0.2) is 11.6 Å². The summed E-state index contributed by atoms with van der Waals surface area (Å²) in [6.07, 6.45) is 1.83. The first-order valence-electron chi connectivity index (χ1n) is 5.33. The van der Waals surface area contributed by atoms with E-state index in [9.17, 15) is 9.59 Å². The third-order valence-electron chi connectivity index (χ3n) is 1.95. The molecule has 92 valence electrons. The molecule has 0 bridgehead atoms. The molecular formula is C11H18O5. The molecule has 0 radical (unpaired) electrons. The van der Waals surface area contributed by atoms with Gasteiger partial charge < -0.3 is 14.9 Å². The normalized spacial score (nSPS) is 13.3. The fraction of sp³-hybridized carbons (Fsp3) is 0.636. The highest BCUT2D eigenvalue weighted by Crippen LogP contribution is 2.11. The van der Waals surface area contributed by atoms with Gasteiger partial charge in [0.2, 0.25) is 6.29 Å². The van der Waals surface area contributed by atoms with Crippen molar-refractivity contribution < 1.29 is 24.5 Å². The zero-order valence-electron chi connectivity index (χ0n) is 9.60. The van der Waals surface area contributed by atoms with Crippen LogP contribution in [0.5, 0.6) is 0 Å². The number of aliphatic carboxylic acids is 1. The monoisotopic (exact) mass is 230 g/mol.